The van der Waals surface area contributed by atoms with Gasteiger partial charge in [-0.1, -0.05) is 23.2 Å². The molecule has 2 aromatic carbocycles. The topological polar surface area (TPSA) is 38.3 Å². The summed E-state index contributed by atoms with van der Waals surface area (Å²) in [4.78, 5) is 12.3. The molecular weight excluding hydrogens is 412 g/mol. The maximum Gasteiger partial charge on any atom is 0.261 e. The molecule has 0 aromatic heterocycles. The number of ether oxygens (including phenoxy) is 1. The summed E-state index contributed by atoms with van der Waals surface area (Å²) >= 11 is 14.3. The van der Waals surface area contributed by atoms with E-state index in [0.717, 1.165) is 3.57 Å². The van der Waals surface area contributed by atoms with Crippen molar-refractivity contribution >= 4 is 57.4 Å². The molecule has 0 bridgehead atoms. The maximum atomic E-state index is 12.3. The monoisotopic (exact) mass is 421 g/mol. The molecule has 104 valence electrons. The number of anilines is 1. The molecule has 6 heteroatoms. The Hall–Kier alpha value is -0.980. The highest BCUT2D eigenvalue weighted by Gasteiger charge is 2.19. The van der Waals surface area contributed by atoms with Crippen molar-refractivity contribution in [3.63, 3.8) is 0 Å². The summed E-state index contributed by atoms with van der Waals surface area (Å²) in [5, 5.41) is 3.39. The van der Waals surface area contributed by atoms with Crippen LogP contribution in [0.3, 0.4) is 0 Å². The Labute approximate surface area is 140 Å². The van der Waals surface area contributed by atoms with Crippen LogP contribution in [0.25, 0.3) is 0 Å². The summed E-state index contributed by atoms with van der Waals surface area (Å²) in [5.74, 6) is -0.0993. The minimum absolute atomic E-state index is 0.222. The van der Waals surface area contributed by atoms with Gasteiger partial charge in [0.05, 0.1) is 17.2 Å². The summed E-state index contributed by atoms with van der Waals surface area (Å²) < 4.78 is 6.24. The van der Waals surface area contributed by atoms with E-state index in [0.29, 0.717) is 10.7 Å². The number of methoxy groups -OCH3 is 1. The Morgan fingerprint density at radius 3 is 2.30 bits per heavy atom. The Morgan fingerprint density at radius 2 is 1.70 bits per heavy atom. The normalized spacial score (nSPS) is 10.2. The lowest BCUT2D eigenvalue weighted by atomic mass is 10.1. The third-order valence-electron chi connectivity index (χ3n) is 2.59. The molecular formula is C14H10Cl2INO2. The molecule has 0 aliphatic rings. The second kappa shape index (κ2) is 6.65. The van der Waals surface area contributed by atoms with Gasteiger partial charge in [0.25, 0.3) is 5.91 Å². The number of rotatable bonds is 3. The van der Waals surface area contributed by atoms with Gasteiger partial charge < -0.3 is 10.1 Å². The van der Waals surface area contributed by atoms with Crippen LogP contribution in [-0.4, -0.2) is 13.0 Å². The second-order valence-corrected chi connectivity index (χ2v) is 5.96. The van der Waals surface area contributed by atoms with Crippen molar-refractivity contribution < 1.29 is 9.53 Å². The maximum absolute atomic E-state index is 12.3. The third-order valence-corrected chi connectivity index (χ3v) is 3.92. The van der Waals surface area contributed by atoms with E-state index in [1.165, 1.54) is 7.11 Å². The van der Waals surface area contributed by atoms with Crippen LogP contribution < -0.4 is 10.1 Å². The second-order valence-electron chi connectivity index (χ2n) is 3.90. The molecule has 0 spiro atoms. The van der Waals surface area contributed by atoms with Gasteiger partial charge in [-0.3, -0.25) is 4.79 Å². The van der Waals surface area contributed by atoms with Gasteiger partial charge in [-0.15, -0.1) is 0 Å². The standard InChI is InChI=1S/C14H10Cl2INO2/c1-20-13-11(16)7-6-10(15)12(13)14(19)18-9-4-2-8(17)3-5-9/h2-7H,1H3,(H,18,19). The number of hydrogen-bond acceptors (Lipinski definition) is 2. The van der Waals surface area contributed by atoms with E-state index in [1.54, 1.807) is 12.1 Å². The molecule has 3 nitrogen and oxygen atoms in total. The predicted molar refractivity (Wildman–Crippen MR) is 90.1 cm³/mol. The Balaban J connectivity index is 2.34. The molecule has 0 atom stereocenters. The lowest BCUT2D eigenvalue weighted by Gasteiger charge is -2.12. The van der Waals surface area contributed by atoms with E-state index < -0.39 is 0 Å². The van der Waals surface area contributed by atoms with Gasteiger partial charge >= 0.3 is 0 Å². The van der Waals surface area contributed by atoms with Crippen molar-refractivity contribution in [1.82, 2.24) is 0 Å². The van der Waals surface area contributed by atoms with Crippen LogP contribution in [-0.2, 0) is 0 Å². The predicted octanol–water partition coefficient (Wildman–Crippen LogP) is 4.86. The number of nitrogens with one attached hydrogen (secondary N) is 1. The number of carbonyl (C=O) groups excluding carboxylic acids is 1. The summed E-state index contributed by atoms with van der Waals surface area (Å²) in [6.07, 6.45) is 0. The van der Waals surface area contributed by atoms with Crippen LogP contribution in [0.2, 0.25) is 10.0 Å². The summed E-state index contributed by atoms with van der Waals surface area (Å²) in [7, 11) is 1.44. The van der Waals surface area contributed by atoms with Crippen LogP contribution in [0.1, 0.15) is 10.4 Å². The highest BCUT2D eigenvalue weighted by Crippen LogP contribution is 2.34. The molecule has 20 heavy (non-hydrogen) atoms. The van der Waals surface area contributed by atoms with E-state index in [9.17, 15) is 4.79 Å². The molecule has 2 rings (SSSR count). The van der Waals surface area contributed by atoms with Crippen LogP contribution in [0.5, 0.6) is 5.75 Å². The number of amides is 1. The van der Waals surface area contributed by atoms with Crippen molar-refractivity contribution in [2.45, 2.75) is 0 Å². The van der Waals surface area contributed by atoms with Crippen LogP contribution in [0.15, 0.2) is 36.4 Å². The zero-order chi connectivity index (χ0) is 14.7. The number of halogens is 3. The van der Waals surface area contributed by atoms with Crippen LogP contribution in [0.4, 0.5) is 5.69 Å². The lowest BCUT2D eigenvalue weighted by molar-refractivity contribution is 0.102. The smallest absolute Gasteiger partial charge is 0.261 e. The molecule has 0 heterocycles. The average Bonchev–Trinajstić information content (AvgIpc) is 2.43. The molecule has 0 saturated carbocycles. The fraction of sp³-hybridized carbons (Fsp3) is 0.0714. The molecule has 2 aromatic rings. The molecule has 0 radical (unpaired) electrons. The van der Waals surface area contributed by atoms with E-state index >= 15 is 0 Å². The SMILES string of the molecule is COc1c(Cl)ccc(Cl)c1C(=O)Nc1ccc(I)cc1. The number of benzene rings is 2. The first-order valence-corrected chi connectivity index (χ1v) is 7.45. The summed E-state index contributed by atoms with van der Waals surface area (Å²) in [5.41, 5.74) is 0.897. The zero-order valence-electron chi connectivity index (χ0n) is 10.4. The quantitative estimate of drug-likeness (QED) is 0.718. The first-order chi connectivity index (χ1) is 9.52. The van der Waals surface area contributed by atoms with Crippen molar-refractivity contribution in [2.75, 3.05) is 12.4 Å². The van der Waals surface area contributed by atoms with Crippen molar-refractivity contribution in [1.29, 1.82) is 0 Å². The Bertz CT molecular complexity index is 644. The van der Waals surface area contributed by atoms with E-state index in [2.05, 4.69) is 27.9 Å². The largest absolute Gasteiger partial charge is 0.494 e. The minimum Gasteiger partial charge on any atom is -0.494 e. The highest BCUT2D eigenvalue weighted by atomic mass is 127. The van der Waals surface area contributed by atoms with Crippen LogP contribution in [0, 0.1) is 3.57 Å². The summed E-state index contributed by atoms with van der Waals surface area (Å²) in [6.45, 7) is 0. The first kappa shape index (κ1) is 15.4. The molecule has 0 saturated heterocycles. The van der Waals surface area contributed by atoms with Gasteiger partial charge in [-0.2, -0.15) is 0 Å². The lowest BCUT2D eigenvalue weighted by Crippen LogP contribution is -2.14. The molecule has 1 amide bonds. The van der Waals surface area contributed by atoms with Crippen LogP contribution >= 0.6 is 45.8 Å². The Kier molecular flexibility index (Phi) is 5.12. The van der Waals surface area contributed by atoms with Gasteiger partial charge in [0.1, 0.15) is 5.56 Å². The Morgan fingerprint density at radius 1 is 1.10 bits per heavy atom. The summed E-state index contributed by atoms with van der Waals surface area (Å²) in [6, 6.07) is 10.6. The zero-order valence-corrected chi connectivity index (χ0v) is 14.1. The molecule has 0 fully saturated rings. The first-order valence-electron chi connectivity index (χ1n) is 5.62. The van der Waals surface area contributed by atoms with Crippen molar-refractivity contribution in [2.24, 2.45) is 0 Å². The van der Waals surface area contributed by atoms with Gasteiger partial charge in [0, 0.05) is 9.26 Å². The van der Waals surface area contributed by atoms with E-state index in [-0.39, 0.29) is 22.2 Å². The average molecular weight is 422 g/mol. The van der Waals surface area contributed by atoms with Crippen molar-refractivity contribution in [3.8, 4) is 5.75 Å². The fourth-order valence-electron chi connectivity index (χ4n) is 1.67. The van der Waals surface area contributed by atoms with Gasteiger partial charge in [-0.25, -0.2) is 0 Å². The molecule has 1 N–H and O–H groups in total. The molecule has 0 unspecified atom stereocenters. The van der Waals surface area contributed by atoms with Gasteiger partial charge in [0.15, 0.2) is 5.75 Å². The molecule has 0 aliphatic heterocycles. The van der Waals surface area contributed by atoms with E-state index in [4.69, 9.17) is 27.9 Å². The van der Waals surface area contributed by atoms with Gasteiger partial charge in [-0.05, 0) is 59.0 Å². The molecule has 0 aliphatic carbocycles. The minimum atomic E-state index is -0.365. The van der Waals surface area contributed by atoms with E-state index in [1.807, 2.05) is 24.3 Å². The number of hydrogen-bond donors (Lipinski definition) is 1. The van der Waals surface area contributed by atoms with Crippen molar-refractivity contribution in [3.05, 3.63) is 55.6 Å². The highest BCUT2D eigenvalue weighted by molar-refractivity contribution is 14.1. The van der Waals surface area contributed by atoms with Gasteiger partial charge in [0.2, 0.25) is 0 Å². The third kappa shape index (κ3) is 3.37. The fourth-order valence-corrected chi connectivity index (χ4v) is 2.50. The number of carbonyl (C=O) groups is 1.